The Kier molecular flexibility index (Phi) is 6.47. The van der Waals surface area contributed by atoms with E-state index in [1.54, 1.807) is 12.1 Å². The molecule has 0 heterocycles. The maximum atomic E-state index is 11.1. The van der Waals surface area contributed by atoms with Crippen LogP contribution >= 0.6 is 0 Å². The first-order valence-corrected chi connectivity index (χ1v) is 8.16. The predicted octanol–water partition coefficient (Wildman–Crippen LogP) is 0.452. The molecule has 112 valence electrons. The first-order chi connectivity index (χ1) is 9.47. The van der Waals surface area contributed by atoms with Gasteiger partial charge in [0.05, 0.1) is 4.90 Å². The first-order valence-electron chi connectivity index (χ1n) is 6.61. The Balaban J connectivity index is 2.59. The van der Waals surface area contributed by atoms with Crippen molar-refractivity contribution in [1.82, 2.24) is 10.6 Å². The minimum Gasteiger partial charge on any atom is -0.357 e. The number of hydrogen-bond donors (Lipinski definition) is 3. The molecule has 0 atom stereocenters. The van der Waals surface area contributed by atoms with E-state index in [0.717, 1.165) is 31.0 Å². The van der Waals surface area contributed by atoms with Crippen molar-refractivity contribution in [2.75, 3.05) is 19.6 Å². The second kappa shape index (κ2) is 7.86. The van der Waals surface area contributed by atoms with Crippen LogP contribution in [0.2, 0.25) is 0 Å². The van der Waals surface area contributed by atoms with Gasteiger partial charge in [-0.25, -0.2) is 13.6 Å². The van der Waals surface area contributed by atoms with E-state index in [0.29, 0.717) is 6.54 Å². The van der Waals surface area contributed by atoms with Crippen LogP contribution in [0, 0.1) is 0 Å². The third kappa shape index (κ3) is 5.58. The van der Waals surface area contributed by atoms with E-state index in [-0.39, 0.29) is 4.90 Å². The minimum absolute atomic E-state index is 0.130. The van der Waals surface area contributed by atoms with Crippen LogP contribution in [-0.4, -0.2) is 34.0 Å². The lowest BCUT2D eigenvalue weighted by atomic mass is 10.1. The zero-order valence-electron chi connectivity index (χ0n) is 11.9. The van der Waals surface area contributed by atoms with Gasteiger partial charge < -0.3 is 10.6 Å². The molecule has 0 aromatic heterocycles. The molecule has 1 aromatic carbocycles. The second-order valence-electron chi connectivity index (χ2n) is 4.23. The number of sulfonamides is 1. The van der Waals surface area contributed by atoms with E-state index in [1.807, 2.05) is 13.8 Å². The number of nitrogens with two attached hydrogens (primary N) is 1. The summed E-state index contributed by atoms with van der Waals surface area (Å²) in [7, 11) is -3.62. The van der Waals surface area contributed by atoms with E-state index in [2.05, 4.69) is 15.6 Å². The summed E-state index contributed by atoms with van der Waals surface area (Å²) in [6, 6.07) is 6.55. The minimum atomic E-state index is -3.62. The van der Waals surface area contributed by atoms with Crippen LogP contribution in [0.3, 0.4) is 0 Å². The smallest absolute Gasteiger partial charge is 0.238 e. The van der Waals surface area contributed by atoms with Crippen molar-refractivity contribution in [2.45, 2.75) is 25.2 Å². The molecule has 0 radical (unpaired) electrons. The largest absolute Gasteiger partial charge is 0.357 e. The molecule has 4 N–H and O–H groups in total. The van der Waals surface area contributed by atoms with Crippen LogP contribution in [0.25, 0.3) is 0 Å². The molecule has 0 aliphatic rings. The topological polar surface area (TPSA) is 96.6 Å². The van der Waals surface area contributed by atoms with Gasteiger partial charge in [-0.05, 0) is 38.0 Å². The van der Waals surface area contributed by atoms with Gasteiger partial charge in [0, 0.05) is 19.6 Å². The van der Waals surface area contributed by atoms with Gasteiger partial charge in [-0.15, -0.1) is 0 Å². The molecule has 0 fully saturated rings. The fourth-order valence-electron chi connectivity index (χ4n) is 1.65. The van der Waals surface area contributed by atoms with Gasteiger partial charge in [-0.3, -0.25) is 4.99 Å². The number of aliphatic imine (C=N–C) groups is 1. The zero-order valence-corrected chi connectivity index (χ0v) is 12.7. The molecular weight excluding hydrogens is 276 g/mol. The Morgan fingerprint density at radius 2 is 1.70 bits per heavy atom. The summed E-state index contributed by atoms with van der Waals surface area (Å²) in [6.07, 6.45) is 0.741. The number of guanidine groups is 1. The highest BCUT2D eigenvalue weighted by Gasteiger charge is 2.06. The molecular formula is C13H22N4O2S. The van der Waals surface area contributed by atoms with Gasteiger partial charge in [0.15, 0.2) is 5.96 Å². The standard InChI is InChI=1S/C13H22N4O2S/c1-3-15-13(16-4-2)17-10-9-11-5-7-12(8-6-11)20(14,18)19/h5-8H,3-4,9-10H2,1-2H3,(H2,14,18,19)(H2,15,16,17). The summed E-state index contributed by atoms with van der Waals surface area (Å²) >= 11 is 0. The highest BCUT2D eigenvalue weighted by molar-refractivity contribution is 7.89. The average Bonchev–Trinajstić information content (AvgIpc) is 2.39. The predicted molar refractivity (Wildman–Crippen MR) is 81.2 cm³/mol. The average molecular weight is 298 g/mol. The Morgan fingerprint density at radius 1 is 1.15 bits per heavy atom. The van der Waals surface area contributed by atoms with Crippen molar-refractivity contribution in [3.05, 3.63) is 29.8 Å². The number of benzene rings is 1. The van der Waals surface area contributed by atoms with Gasteiger partial charge >= 0.3 is 0 Å². The van der Waals surface area contributed by atoms with E-state index >= 15 is 0 Å². The van der Waals surface area contributed by atoms with Crippen LogP contribution in [0.15, 0.2) is 34.2 Å². The Labute approximate surface area is 120 Å². The summed E-state index contributed by atoms with van der Waals surface area (Å²) in [5.74, 6) is 0.788. The molecule has 20 heavy (non-hydrogen) atoms. The van der Waals surface area contributed by atoms with Crippen LogP contribution < -0.4 is 15.8 Å². The summed E-state index contributed by atoms with van der Waals surface area (Å²) in [6.45, 7) is 6.28. The summed E-state index contributed by atoms with van der Waals surface area (Å²) < 4.78 is 22.3. The SMILES string of the molecule is CCNC(=NCCc1ccc(S(N)(=O)=O)cc1)NCC. The van der Waals surface area contributed by atoms with Crippen molar-refractivity contribution in [3.8, 4) is 0 Å². The quantitative estimate of drug-likeness (QED) is 0.525. The lowest BCUT2D eigenvalue weighted by Crippen LogP contribution is -2.37. The van der Waals surface area contributed by atoms with Gasteiger partial charge in [-0.1, -0.05) is 12.1 Å². The van der Waals surface area contributed by atoms with E-state index < -0.39 is 10.0 Å². The lowest BCUT2D eigenvalue weighted by Gasteiger charge is -2.09. The lowest BCUT2D eigenvalue weighted by molar-refractivity contribution is 0.598. The van der Waals surface area contributed by atoms with E-state index in [4.69, 9.17) is 5.14 Å². The van der Waals surface area contributed by atoms with Crippen LogP contribution in [0.5, 0.6) is 0 Å². The van der Waals surface area contributed by atoms with Gasteiger partial charge in [0.25, 0.3) is 0 Å². The number of hydrogen-bond acceptors (Lipinski definition) is 3. The summed E-state index contributed by atoms with van der Waals surface area (Å²) in [5.41, 5.74) is 1.02. The number of nitrogens with zero attached hydrogens (tertiary/aromatic N) is 1. The second-order valence-corrected chi connectivity index (χ2v) is 5.79. The molecule has 0 amide bonds. The normalized spacial score (nSPS) is 10.9. The van der Waals surface area contributed by atoms with Crippen molar-refractivity contribution in [1.29, 1.82) is 0 Å². The monoisotopic (exact) mass is 298 g/mol. The molecule has 0 aliphatic heterocycles. The molecule has 0 saturated carbocycles. The Morgan fingerprint density at radius 3 is 2.15 bits per heavy atom. The third-order valence-electron chi connectivity index (χ3n) is 2.61. The molecule has 0 aliphatic carbocycles. The third-order valence-corrected chi connectivity index (χ3v) is 3.54. The fourth-order valence-corrected chi connectivity index (χ4v) is 2.17. The molecule has 6 nitrogen and oxygen atoms in total. The Hall–Kier alpha value is -1.60. The summed E-state index contributed by atoms with van der Waals surface area (Å²) in [5, 5.41) is 11.3. The Bertz CT molecular complexity index is 530. The van der Waals surface area contributed by atoms with Crippen LogP contribution in [0.4, 0.5) is 0 Å². The van der Waals surface area contributed by atoms with Crippen LogP contribution in [0.1, 0.15) is 19.4 Å². The molecule has 0 saturated heterocycles. The molecule has 0 spiro atoms. The molecule has 7 heteroatoms. The zero-order chi connectivity index (χ0) is 15.0. The number of primary sulfonamides is 1. The maximum absolute atomic E-state index is 11.1. The number of nitrogens with one attached hydrogen (secondary N) is 2. The van der Waals surface area contributed by atoms with Crippen molar-refractivity contribution < 1.29 is 8.42 Å². The highest BCUT2D eigenvalue weighted by atomic mass is 32.2. The highest BCUT2D eigenvalue weighted by Crippen LogP contribution is 2.09. The molecule has 0 bridgehead atoms. The summed E-state index contributed by atoms with van der Waals surface area (Å²) in [4.78, 5) is 4.55. The fraction of sp³-hybridized carbons (Fsp3) is 0.462. The number of rotatable bonds is 6. The van der Waals surface area contributed by atoms with Crippen molar-refractivity contribution in [2.24, 2.45) is 10.1 Å². The van der Waals surface area contributed by atoms with Gasteiger partial charge in [0.1, 0.15) is 0 Å². The van der Waals surface area contributed by atoms with E-state index in [1.165, 1.54) is 12.1 Å². The first kappa shape index (κ1) is 16.5. The van der Waals surface area contributed by atoms with Gasteiger partial charge in [0.2, 0.25) is 10.0 Å². The van der Waals surface area contributed by atoms with Crippen molar-refractivity contribution >= 4 is 16.0 Å². The maximum Gasteiger partial charge on any atom is 0.238 e. The van der Waals surface area contributed by atoms with Gasteiger partial charge in [-0.2, -0.15) is 0 Å². The van der Waals surface area contributed by atoms with Crippen molar-refractivity contribution in [3.63, 3.8) is 0 Å². The van der Waals surface area contributed by atoms with Crippen LogP contribution in [-0.2, 0) is 16.4 Å². The molecule has 1 rings (SSSR count). The molecule has 1 aromatic rings. The molecule has 0 unspecified atom stereocenters. The van der Waals surface area contributed by atoms with E-state index in [9.17, 15) is 8.42 Å².